The van der Waals surface area contributed by atoms with Crippen molar-refractivity contribution in [2.45, 2.75) is 13.3 Å². The first-order chi connectivity index (χ1) is 9.13. The molecule has 2 heterocycles. The van der Waals surface area contributed by atoms with E-state index in [2.05, 4.69) is 40.0 Å². The molecule has 1 atom stereocenters. The molecule has 1 aliphatic rings. The van der Waals surface area contributed by atoms with Crippen LogP contribution in [0.3, 0.4) is 0 Å². The van der Waals surface area contributed by atoms with Gasteiger partial charge in [-0.15, -0.1) is 0 Å². The van der Waals surface area contributed by atoms with Gasteiger partial charge in [0.25, 0.3) is 0 Å². The Labute approximate surface area is 112 Å². The maximum Gasteiger partial charge on any atom is 0.223 e. The molecule has 0 radical (unpaired) electrons. The van der Waals surface area contributed by atoms with Crippen molar-refractivity contribution in [1.82, 2.24) is 9.97 Å². The van der Waals surface area contributed by atoms with Crippen molar-refractivity contribution in [2.75, 3.05) is 22.9 Å². The molecule has 0 aliphatic carbocycles. The Bertz CT molecular complexity index is 590. The van der Waals surface area contributed by atoms with Crippen LogP contribution in [0.15, 0.2) is 30.3 Å². The highest BCUT2D eigenvalue weighted by Crippen LogP contribution is 2.34. The first-order valence-electron chi connectivity index (χ1n) is 6.39. The quantitative estimate of drug-likeness (QED) is 0.814. The van der Waals surface area contributed by atoms with E-state index in [0.717, 1.165) is 18.8 Å². The Morgan fingerprint density at radius 2 is 2.00 bits per heavy atom. The summed E-state index contributed by atoms with van der Waals surface area (Å²) in [6.45, 7) is 3.14. The molecule has 98 valence electrons. The van der Waals surface area contributed by atoms with Gasteiger partial charge in [0.2, 0.25) is 5.95 Å². The summed E-state index contributed by atoms with van der Waals surface area (Å²) in [5.41, 5.74) is 14.0. The van der Waals surface area contributed by atoms with Crippen molar-refractivity contribution in [3.05, 3.63) is 35.9 Å². The van der Waals surface area contributed by atoms with Crippen LogP contribution in [-0.2, 0) is 6.42 Å². The van der Waals surface area contributed by atoms with Gasteiger partial charge in [-0.1, -0.05) is 25.1 Å². The second kappa shape index (κ2) is 4.42. The fourth-order valence-corrected chi connectivity index (χ4v) is 2.62. The zero-order valence-corrected chi connectivity index (χ0v) is 10.9. The molecule has 0 saturated heterocycles. The third-order valence-electron chi connectivity index (χ3n) is 3.37. The van der Waals surface area contributed by atoms with Crippen LogP contribution in [0.5, 0.6) is 0 Å². The molecule has 19 heavy (non-hydrogen) atoms. The number of nitrogens with zero attached hydrogens (tertiary/aromatic N) is 3. The number of nitrogens with two attached hydrogens (primary N) is 2. The van der Waals surface area contributed by atoms with Crippen LogP contribution < -0.4 is 16.4 Å². The number of fused-ring (bicyclic) bond motifs is 1. The molecule has 0 spiro atoms. The SMILES string of the molecule is CC1Cc2ccccc2N(c2cc(N)nc(N)n2)C1. The van der Waals surface area contributed by atoms with E-state index >= 15 is 0 Å². The summed E-state index contributed by atoms with van der Waals surface area (Å²) in [6.07, 6.45) is 1.09. The molecule has 4 N–H and O–H groups in total. The average molecular weight is 255 g/mol. The average Bonchev–Trinajstić information content (AvgIpc) is 2.36. The van der Waals surface area contributed by atoms with Gasteiger partial charge < -0.3 is 16.4 Å². The van der Waals surface area contributed by atoms with Crippen LogP contribution >= 0.6 is 0 Å². The van der Waals surface area contributed by atoms with E-state index in [1.165, 1.54) is 11.3 Å². The summed E-state index contributed by atoms with van der Waals surface area (Å²) in [6, 6.07) is 10.1. The van der Waals surface area contributed by atoms with Crippen LogP contribution in [0.4, 0.5) is 23.3 Å². The number of nitrogen functional groups attached to an aromatic ring is 2. The lowest BCUT2D eigenvalue weighted by Crippen LogP contribution is -2.31. The molecule has 1 aliphatic heterocycles. The minimum absolute atomic E-state index is 0.214. The van der Waals surface area contributed by atoms with Crippen molar-refractivity contribution in [1.29, 1.82) is 0 Å². The Morgan fingerprint density at radius 3 is 2.79 bits per heavy atom. The highest BCUT2D eigenvalue weighted by atomic mass is 15.2. The zero-order chi connectivity index (χ0) is 13.4. The number of hydrogen-bond donors (Lipinski definition) is 2. The third-order valence-corrected chi connectivity index (χ3v) is 3.37. The van der Waals surface area contributed by atoms with Gasteiger partial charge in [0.05, 0.1) is 0 Å². The van der Waals surface area contributed by atoms with E-state index in [1.54, 1.807) is 6.07 Å². The molecule has 0 saturated carbocycles. The maximum absolute atomic E-state index is 5.76. The van der Waals surface area contributed by atoms with E-state index in [-0.39, 0.29) is 5.95 Å². The summed E-state index contributed by atoms with van der Waals surface area (Å²) in [5, 5.41) is 0. The maximum atomic E-state index is 5.76. The van der Waals surface area contributed by atoms with E-state index in [1.807, 2.05) is 6.07 Å². The van der Waals surface area contributed by atoms with Crippen molar-refractivity contribution in [2.24, 2.45) is 5.92 Å². The smallest absolute Gasteiger partial charge is 0.223 e. The van der Waals surface area contributed by atoms with Crippen LogP contribution in [0, 0.1) is 5.92 Å². The Hall–Kier alpha value is -2.30. The minimum atomic E-state index is 0.214. The van der Waals surface area contributed by atoms with Gasteiger partial charge >= 0.3 is 0 Å². The number of hydrogen-bond acceptors (Lipinski definition) is 5. The van der Waals surface area contributed by atoms with Crippen LogP contribution in [0.2, 0.25) is 0 Å². The predicted octanol–water partition coefficient (Wildman–Crippen LogP) is 1.97. The van der Waals surface area contributed by atoms with E-state index in [9.17, 15) is 0 Å². The molecule has 3 rings (SSSR count). The Balaban J connectivity index is 2.09. The normalized spacial score (nSPS) is 18.2. The van der Waals surface area contributed by atoms with Gasteiger partial charge in [-0.25, -0.2) is 0 Å². The molecule has 0 fully saturated rings. The molecular formula is C14H17N5. The van der Waals surface area contributed by atoms with Gasteiger partial charge in [0.15, 0.2) is 0 Å². The highest BCUT2D eigenvalue weighted by Gasteiger charge is 2.23. The van der Waals surface area contributed by atoms with Gasteiger partial charge in [-0.05, 0) is 24.0 Å². The Morgan fingerprint density at radius 1 is 1.21 bits per heavy atom. The summed E-state index contributed by atoms with van der Waals surface area (Å²) in [4.78, 5) is 10.4. The second-order valence-corrected chi connectivity index (χ2v) is 5.06. The monoisotopic (exact) mass is 255 g/mol. The molecule has 1 aromatic heterocycles. The molecule has 0 amide bonds. The lowest BCUT2D eigenvalue weighted by Gasteiger charge is -2.34. The van der Waals surface area contributed by atoms with Gasteiger partial charge in [0.1, 0.15) is 11.6 Å². The zero-order valence-electron chi connectivity index (χ0n) is 10.9. The van der Waals surface area contributed by atoms with E-state index in [0.29, 0.717) is 11.7 Å². The van der Waals surface area contributed by atoms with Gasteiger partial charge in [0, 0.05) is 18.3 Å². The second-order valence-electron chi connectivity index (χ2n) is 5.06. The third kappa shape index (κ3) is 2.19. The van der Waals surface area contributed by atoms with Crippen LogP contribution in [0.1, 0.15) is 12.5 Å². The largest absolute Gasteiger partial charge is 0.383 e. The summed E-state index contributed by atoms with van der Waals surface area (Å²) < 4.78 is 0. The highest BCUT2D eigenvalue weighted by molar-refractivity contribution is 5.67. The molecule has 1 aromatic carbocycles. The number of benzene rings is 1. The van der Waals surface area contributed by atoms with E-state index in [4.69, 9.17) is 11.5 Å². The van der Waals surface area contributed by atoms with E-state index < -0.39 is 0 Å². The van der Waals surface area contributed by atoms with Crippen molar-refractivity contribution in [3.8, 4) is 0 Å². The summed E-state index contributed by atoms with van der Waals surface area (Å²) in [7, 11) is 0. The van der Waals surface area contributed by atoms with Crippen molar-refractivity contribution >= 4 is 23.3 Å². The molecule has 5 nitrogen and oxygen atoms in total. The van der Waals surface area contributed by atoms with Crippen molar-refractivity contribution < 1.29 is 0 Å². The minimum Gasteiger partial charge on any atom is -0.383 e. The number of para-hydroxylation sites is 1. The molecule has 0 bridgehead atoms. The topological polar surface area (TPSA) is 81.1 Å². The Kier molecular flexibility index (Phi) is 2.74. The molecule has 1 unspecified atom stereocenters. The van der Waals surface area contributed by atoms with Gasteiger partial charge in [-0.3, -0.25) is 0 Å². The predicted molar refractivity (Wildman–Crippen MR) is 77.2 cm³/mol. The fraction of sp³-hybridized carbons (Fsp3) is 0.286. The van der Waals surface area contributed by atoms with Gasteiger partial charge in [-0.2, -0.15) is 9.97 Å². The molecular weight excluding hydrogens is 238 g/mol. The molecule has 2 aromatic rings. The van der Waals surface area contributed by atoms with Crippen LogP contribution in [-0.4, -0.2) is 16.5 Å². The van der Waals surface area contributed by atoms with Crippen LogP contribution in [0.25, 0.3) is 0 Å². The first-order valence-corrected chi connectivity index (χ1v) is 6.39. The summed E-state index contributed by atoms with van der Waals surface area (Å²) >= 11 is 0. The lowest BCUT2D eigenvalue weighted by atomic mass is 9.94. The lowest BCUT2D eigenvalue weighted by molar-refractivity contribution is 0.560. The van der Waals surface area contributed by atoms with Crippen molar-refractivity contribution in [3.63, 3.8) is 0 Å². The fourth-order valence-electron chi connectivity index (χ4n) is 2.62. The standard InChI is InChI=1S/C14H17N5/c1-9-6-10-4-2-3-5-11(10)19(8-9)13-7-12(15)17-14(16)18-13/h2-5,7,9H,6,8H2,1H3,(H4,15,16,17,18). The number of aromatic nitrogens is 2. The summed E-state index contributed by atoms with van der Waals surface area (Å²) in [5.74, 6) is 1.94. The number of rotatable bonds is 1. The number of anilines is 4. The first kappa shape index (κ1) is 11.8. The molecule has 5 heteroatoms.